The number of nitrogens with two attached hydrogens (primary N) is 1. The van der Waals surface area contributed by atoms with E-state index in [-0.39, 0.29) is 5.41 Å². The minimum absolute atomic E-state index is 0.0784. The van der Waals surface area contributed by atoms with E-state index in [1.807, 2.05) is 0 Å². The highest BCUT2D eigenvalue weighted by Crippen LogP contribution is 2.52. The van der Waals surface area contributed by atoms with Crippen molar-refractivity contribution in [3.8, 4) is 0 Å². The topological polar surface area (TPSA) is 46.2 Å². The van der Waals surface area contributed by atoms with Crippen molar-refractivity contribution in [1.29, 1.82) is 0 Å². The third kappa shape index (κ3) is 2.10. The van der Waals surface area contributed by atoms with E-state index >= 15 is 0 Å². The minimum Gasteiger partial charge on any atom is -0.389 e. The molecule has 0 aromatic heterocycles. The molecule has 1 saturated carbocycles. The summed E-state index contributed by atoms with van der Waals surface area (Å²) in [6, 6.07) is 8.49. The molecule has 3 rings (SSSR count). The molecule has 0 saturated heterocycles. The van der Waals surface area contributed by atoms with Crippen LogP contribution in [0.15, 0.2) is 24.3 Å². The van der Waals surface area contributed by atoms with E-state index in [9.17, 15) is 5.11 Å². The highest BCUT2D eigenvalue weighted by atomic mass is 16.3. The lowest BCUT2D eigenvalue weighted by atomic mass is 9.59. The van der Waals surface area contributed by atoms with Gasteiger partial charge >= 0.3 is 0 Å². The van der Waals surface area contributed by atoms with Crippen LogP contribution in [0.4, 0.5) is 0 Å². The molecule has 1 fully saturated rings. The van der Waals surface area contributed by atoms with Gasteiger partial charge in [-0.25, -0.2) is 0 Å². The Morgan fingerprint density at radius 3 is 2.45 bits per heavy atom. The summed E-state index contributed by atoms with van der Waals surface area (Å²) in [6.07, 6.45) is 7.50. The van der Waals surface area contributed by atoms with Crippen LogP contribution in [0.5, 0.6) is 0 Å². The van der Waals surface area contributed by atoms with Crippen molar-refractivity contribution in [3.05, 3.63) is 35.4 Å². The molecule has 2 unspecified atom stereocenters. The second-order valence-electron chi connectivity index (χ2n) is 7.01. The summed E-state index contributed by atoms with van der Waals surface area (Å²) in [5, 5.41) is 11.4. The Bertz CT molecular complexity index is 459. The maximum Gasteiger partial charge on any atom is 0.0796 e. The molecule has 0 bridgehead atoms. The zero-order chi connectivity index (χ0) is 14.2. The lowest BCUT2D eigenvalue weighted by molar-refractivity contribution is -0.102. The van der Waals surface area contributed by atoms with Gasteiger partial charge in [0.25, 0.3) is 0 Å². The molecule has 0 heterocycles. The number of hydrogen-bond donors (Lipinski definition) is 2. The van der Waals surface area contributed by atoms with E-state index in [1.165, 1.54) is 30.4 Å². The second-order valence-corrected chi connectivity index (χ2v) is 7.01. The fourth-order valence-electron chi connectivity index (χ4n) is 4.60. The predicted octanol–water partition coefficient (Wildman–Crippen LogP) is 3.06. The minimum atomic E-state index is -0.626. The van der Waals surface area contributed by atoms with Gasteiger partial charge in [-0.15, -0.1) is 0 Å². The molecule has 2 nitrogen and oxygen atoms in total. The molecular formula is C18H27NO. The highest BCUT2D eigenvalue weighted by molar-refractivity contribution is 5.37. The molecule has 2 aliphatic rings. The second kappa shape index (κ2) is 5.16. The summed E-state index contributed by atoms with van der Waals surface area (Å²) in [5.74, 6) is 0.736. The van der Waals surface area contributed by atoms with Crippen LogP contribution in [0.2, 0.25) is 0 Å². The van der Waals surface area contributed by atoms with Crippen molar-refractivity contribution in [2.24, 2.45) is 17.1 Å². The molecule has 2 heteroatoms. The lowest BCUT2D eigenvalue weighted by Gasteiger charge is -2.49. The van der Waals surface area contributed by atoms with Crippen LogP contribution in [0.25, 0.3) is 0 Å². The third-order valence-corrected chi connectivity index (χ3v) is 5.99. The number of rotatable bonds is 3. The first kappa shape index (κ1) is 14.1. The first-order valence-corrected chi connectivity index (χ1v) is 8.12. The zero-order valence-electron chi connectivity index (χ0n) is 12.6. The molecule has 1 aromatic rings. The van der Waals surface area contributed by atoms with Gasteiger partial charge in [-0.3, -0.25) is 0 Å². The smallest absolute Gasteiger partial charge is 0.0796 e. The quantitative estimate of drug-likeness (QED) is 0.889. The van der Waals surface area contributed by atoms with Gasteiger partial charge in [-0.1, -0.05) is 50.5 Å². The Morgan fingerprint density at radius 1 is 1.25 bits per heavy atom. The van der Waals surface area contributed by atoms with Crippen LogP contribution in [-0.4, -0.2) is 17.3 Å². The average Bonchev–Trinajstić information content (AvgIpc) is 2.85. The molecule has 0 spiro atoms. The summed E-state index contributed by atoms with van der Waals surface area (Å²) in [5.41, 5.74) is 8.13. The van der Waals surface area contributed by atoms with Crippen molar-refractivity contribution in [2.75, 3.05) is 6.54 Å². The van der Waals surface area contributed by atoms with Gasteiger partial charge in [0.15, 0.2) is 0 Å². The van der Waals surface area contributed by atoms with E-state index in [2.05, 4.69) is 31.2 Å². The maximum absolute atomic E-state index is 11.4. The number of hydrogen-bond acceptors (Lipinski definition) is 2. The SMILES string of the molecule is CCC1CCCC(CN)(C2(O)Cc3ccccc3C2)C1. The van der Waals surface area contributed by atoms with Gasteiger partial charge in [-0.2, -0.15) is 0 Å². The van der Waals surface area contributed by atoms with Gasteiger partial charge in [0, 0.05) is 24.8 Å². The van der Waals surface area contributed by atoms with Gasteiger partial charge in [0.1, 0.15) is 0 Å². The van der Waals surface area contributed by atoms with Crippen molar-refractivity contribution in [2.45, 2.75) is 57.5 Å². The monoisotopic (exact) mass is 273 g/mol. The number of aliphatic hydroxyl groups is 1. The van der Waals surface area contributed by atoms with Gasteiger partial charge in [0.05, 0.1) is 5.60 Å². The van der Waals surface area contributed by atoms with E-state index < -0.39 is 5.60 Å². The summed E-state index contributed by atoms with van der Waals surface area (Å²) < 4.78 is 0. The standard InChI is InChI=1S/C18H27NO/c1-2-14-6-5-9-17(10-14,13-19)18(20)11-15-7-3-4-8-16(15)12-18/h3-4,7-8,14,20H,2,5-6,9-13,19H2,1H3. The Morgan fingerprint density at radius 2 is 1.90 bits per heavy atom. The Kier molecular flexibility index (Phi) is 3.64. The fraction of sp³-hybridized carbons (Fsp3) is 0.667. The Hall–Kier alpha value is -0.860. The normalized spacial score (nSPS) is 32.0. The Labute approximate surface area is 122 Å². The maximum atomic E-state index is 11.4. The van der Waals surface area contributed by atoms with Crippen molar-refractivity contribution in [1.82, 2.24) is 0 Å². The number of fused-ring (bicyclic) bond motifs is 1. The fourth-order valence-corrected chi connectivity index (χ4v) is 4.60. The summed E-state index contributed by atoms with van der Waals surface area (Å²) in [7, 11) is 0. The van der Waals surface area contributed by atoms with Crippen molar-refractivity contribution < 1.29 is 5.11 Å². The van der Waals surface area contributed by atoms with E-state index in [0.29, 0.717) is 6.54 Å². The molecule has 1 aromatic carbocycles. The molecule has 110 valence electrons. The predicted molar refractivity (Wildman–Crippen MR) is 82.5 cm³/mol. The molecular weight excluding hydrogens is 246 g/mol. The van der Waals surface area contributed by atoms with Crippen LogP contribution in [-0.2, 0) is 12.8 Å². The Balaban J connectivity index is 1.90. The molecule has 20 heavy (non-hydrogen) atoms. The molecule has 0 radical (unpaired) electrons. The van der Waals surface area contributed by atoms with Crippen molar-refractivity contribution >= 4 is 0 Å². The number of benzene rings is 1. The zero-order valence-corrected chi connectivity index (χ0v) is 12.6. The lowest BCUT2D eigenvalue weighted by Crippen LogP contribution is -2.55. The summed E-state index contributed by atoms with van der Waals surface area (Å²) >= 11 is 0. The highest BCUT2D eigenvalue weighted by Gasteiger charge is 2.53. The molecule has 2 aliphatic carbocycles. The molecule has 0 amide bonds. The van der Waals surface area contributed by atoms with Crippen LogP contribution in [0.3, 0.4) is 0 Å². The molecule has 3 N–H and O–H groups in total. The van der Waals surface area contributed by atoms with Gasteiger partial charge in [-0.05, 0) is 29.9 Å². The van der Waals surface area contributed by atoms with Gasteiger partial charge < -0.3 is 10.8 Å². The van der Waals surface area contributed by atoms with Crippen LogP contribution < -0.4 is 5.73 Å². The van der Waals surface area contributed by atoms with Gasteiger partial charge in [0.2, 0.25) is 0 Å². The van der Waals surface area contributed by atoms with Crippen molar-refractivity contribution in [3.63, 3.8) is 0 Å². The van der Waals surface area contributed by atoms with E-state index in [0.717, 1.165) is 31.6 Å². The summed E-state index contributed by atoms with van der Waals surface area (Å²) in [4.78, 5) is 0. The molecule has 0 aliphatic heterocycles. The van der Waals surface area contributed by atoms with Crippen LogP contribution in [0.1, 0.15) is 50.2 Å². The largest absolute Gasteiger partial charge is 0.389 e. The van der Waals surface area contributed by atoms with Crippen LogP contribution >= 0.6 is 0 Å². The average molecular weight is 273 g/mol. The first-order chi connectivity index (χ1) is 9.62. The van der Waals surface area contributed by atoms with Crippen LogP contribution in [0, 0.1) is 11.3 Å². The molecule has 2 atom stereocenters. The van der Waals surface area contributed by atoms with E-state index in [4.69, 9.17) is 5.73 Å². The summed E-state index contributed by atoms with van der Waals surface area (Å²) in [6.45, 7) is 2.89. The third-order valence-electron chi connectivity index (χ3n) is 5.99. The van der Waals surface area contributed by atoms with E-state index in [1.54, 1.807) is 0 Å². The first-order valence-electron chi connectivity index (χ1n) is 8.12.